The molecule has 3 aliphatic heterocycles. The van der Waals surface area contributed by atoms with E-state index in [4.69, 9.17) is 0 Å². The van der Waals surface area contributed by atoms with E-state index in [1.807, 2.05) is 24.4 Å². The van der Waals surface area contributed by atoms with Crippen LogP contribution in [0.1, 0.15) is 43.2 Å². The second kappa shape index (κ2) is 9.56. The topological polar surface area (TPSA) is 85.8 Å². The maximum absolute atomic E-state index is 13.2. The van der Waals surface area contributed by atoms with Crippen molar-refractivity contribution in [2.75, 3.05) is 32.7 Å². The number of pyridine rings is 1. The Morgan fingerprint density at radius 2 is 1.85 bits per heavy atom. The molecule has 0 spiro atoms. The highest BCUT2D eigenvalue weighted by molar-refractivity contribution is 7.89. The Hall–Kier alpha value is -2.23. The summed E-state index contributed by atoms with van der Waals surface area (Å²) in [6.07, 6.45) is 14.0. The van der Waals surface area contributed by atoms with Gasteiger partial charge in [0, 0.05) is 51.2 Å². The minimum Gasteiger partial charge on any atom is -0.334 e. The highest BCUT2D eigenvalue weighted by Crippen LogP contribution is 2.27. The molecule has 9 heteroatoms. The molecule has 8 nitrogen and oxygen atoms in total. The van der Waals surface area contributed by atoms with Gasteiger partial charge < -0.3 is 15.1 Å². The van der Waals surface area contributed by atoms with Crippen molar-refractivity contribution >= 4 is 16.1 Å². The summed E-state index contributed by atoms with van der Waals surface area (Å²) < 4.78 is 28.0. The van der Waals surface area contributed by atoms with E-state index in [9.17, 15) is 13.2 Å². The lowest BCUT2D eigenvalue weighted by Gasteiger charge is -2.37. The summed E-state index contributed by atoms with van der Waals surface area (Å²) in [5.41, 5.74) is 3.16. The van der Waals surface area contributed by atoms with Crippen LogP contribution in [0.4, 0.5) is 4.79 Å². The number of rotatable bonds is 5. The van der Waals surface area contributed by atoms with E-state index in [0.29, 0.717) is 45.2 Å². The van der Waals surface area contributed by atoms with Gasteiger partial charge in [0.25, 0.3) is 0 Å². The summed E-state index contributed by atoms with van der Waals surface area (Å²) in [4.78, 5) is 21.0. The number of piperidine rings is 1. The monoisotopic (exact) mass is 471 g/mol. The molecule has 4 aliphatic rings. The second-order valence-electron chi connectivity index (χ2n) is 9.49. The van der Waals surface area contributed by atoms with Crippen molar-refractivity contribution in [2.24, 2.45) is 0 Å². The quantitative estimate of drug-likeness (QED) is 0.712. The number of carbonyl (C=O) groups excluding carboxylic acids is 1. The molecule has 2 saturated heterocycles. The first-order valence-electron chi connectivity index (χ1n) is 12.1. The maximum Gasteiger partial charge on any atom is 0.318 e. The normalized spacial score (nSPS) is 24.7. The SMILES string of the molecule is O=C(NCC1=CCC(S(=O)(=O)N2CCC(N3CCCC3)CC2)C=C1)N1Cc2ccncc2C1. The van der Waals surface area contributed by atoms with E-state index in [1.54, 1.807) is 21.5 Å². The minimum atomic E-state index is -3.35. The number of likely N-dealkylation sites (tertiary alicyclic amines) is 1. The largest absolute Gasteiger partial charge is 0.334 e. The van der Waals surface area contributed by atoms with Gasteiger partial charge in [-0.3, -0.25) is 4.98 Å². The zero-order valence-corrected chi connectivity index (χ0v) is 19.8. The molecular formula is C24H33N5O3S. The van der Waals surface area contributed by atoms with Crippen LogP contribution in [0, 0.1) is 0 Å². The number of aromatic nitrogens is 1. The fraction of sp³-hybridized carbons (Fsp3) is 0.583. The molecule has 5 rings (SSSR count). The highest BCUT2D eigenvalue weighted by Gasteiger charge is 2.35. The number of amides is 2. The van der Waals surface area contributed by atoms with Gasteiger partial charge in [-0.15, -0.1) is 0 Å². The maximum atomic E-state index is 13.2. The van der Waals surface area contributed by atoms with Crippen LogP contribution in [0.5, 0.6) is 0 Å². The van der Waals surface area contributed by atoms with Crippen molar-refractivity contribution in [3.05, 3.63) is 53.4 Å². The third-order valence-corrected chi connectivity index (χ3v) is 9.62. The zero-order chi connectivity index (χ0) is 22.8. The molecule has 1 atom stereocenters. The van der Waals surface area contributed by atoms with Gasteiger partial charge in [-0.1, -0.05) is 18.2 Å². The number of allylic oxidation sites excluding steroid dienone is 1. The molecule has 0 saturated carbocycles. The Kier molecular flexibility index (Phi) is 6.53. The van der Waals surface area contributed by atoms with E-state index >= 15 is 0 Å². The predicted molar refractivity (Wildman–Crippen MR) is 127 cm³/mol. The number of carbonyl (C=O) groups is 1. The molecule has 1 unspecified atom stereocenters. The molecule has 1 N–H and O–H groups in total. The van der Waals surface area contributed by atoms with Crippen molar-refractivity contribution in [3.63, 3.8) is 0 Å². The van der Waals surface area contributed by atoms with Gasteiger partial charge in [-0.2, -0.15) is 0 Å². The first-order chi connectivity index (χ1) is 16.0. The van der Waals surface area contributed by atoms with E-state index < -0.39 is 15.3 Å². The van der Waals surface area contributed by atoms with Gasteiger partial charge >= 0.3 is 6.03 Å². The number of hydrogen-bond donors (Lipinski definition) is 1. The smallest absolute Gasteiger partial charge is 0.318 e. The molecule has 1 aromatic heterocycles. The molecule has 1 aliphatic carbocycles. The summed E-state index contributed by atoms with van der Waals surface area (Å²) >= 11 is 0. The molecule has 0 radical (unpaired) electrons. The van der Waals surface area contributed by atoms with Crippen molar-refractivity contribution in [2.45, 2.75) is 56.5 Å². The standard InChI is InChI=1S/C24H33N5O3S/c30-24(28-17-20-7-10-25-16-21(20)18-28)26-15-19-3-5-23(6-4-19)33(31,32)29-13-8-22(9-14-29)27-11-1-2-12-27/h3-5,7,10,16,22-23H,1-2,6,8-9,11-15,17-18H2,(H,26,30). The van der Waals surface area contributed by atoms with Crippen molar-refractivity contribution in [1.29, 1.82) is 0 Å². The fourth-order valence-electron chi connectivity index (χ4n) is 5.41. The van der Waals surface area contributed by atoms with Crippen LogP contribution in [0.3, 0.4) is 0 Å². The first kappa shape index (κ1) is 22.6. The highest BCUT2D eigenvalue weighted by atomic mass is 32.2. The summed E-state index contributed by atoms with van der Waals surface area (Å²) in [7, 11) is -3.35. The molecule has 178 valence electrons. The average Bonchev–Trinajstić information content (AvgIpc) is 3.53. The zero-order valence-electron chi connectivity index (χ0n) is 19.0. The molecule has 0 aromatic carbocycles. The summed E-state index contributed by atoms with van der Waals surface area (Å²) in [5.74, 6) is 0. The first-order valence-corrected chi connectivity index (χ1v) is 13.6. The Bertz CT molecular complexity index is 1010. The second-order valence-corrected chi connectivity index (χ2v) is 11.6. The third kappa shape index (κ3) is 4.85. The van der Waals surface area contributed by atoms with Crippen LogP contribution in [0.2, 0.25) is 0 Å². The number of fused-ring (bicyclic) bond motifs is 1. The molecule has 4 heterocycles. The molecule has 2 amide bonds. The van der Waals surface area contributed by atoms with Crippen molar-refractivity contribution < 1.29 is 13.2 Å². The molecule has 2 fully saturated rings. The lowest BCUT2D eigenvalue weighted by atomic mass is 10.1. The van der Waals surface area contributed by atoms with Crippen LogP contribution in [-0.2, 0) is 23.1 Å². The lowest BCUT2D eigenvalue weighted by molar-refractivity contribution is 0.167. The number of hydrogen-bond acceptors (Lipinski definition) is 5. The summed E-state index contributed by atoms with van der Waals surface area (Å²) in [5, 5.41) is 2.45. The van der Waals surface area contributed by atoms with Gasteiger partial charge in [-0.05, 0) is 68.0 Å². The fourth-order valence-corrected chi connectivity index (χ4v) is 7.13. The lowest BCUT2D eigenvalue weighted by Crippen LogP contribution is -2.48. The van der Waals surface area contributed by atoms with Crippen molar-refractivity contribution in [1.82, 2.24) is 24.4 Å². The van der Waals surface area contributed by atoms with Crippen LogP contribution >= 0.6 is 0 Å². The number of urea groups is 1. The molecule has 1 aromatic rings. The van der Waals surface area contributed by atoms with Gasteiger partial charge in [-0.25, -0.2) is 17.5 Å². The van der Waals surface area contributed by atoms with Crippen molar-refractivity contribution in [3.8, 4) is 0 Å². The molecule has 33 heavy (non-hydrogen) atoms. The Balaban J connectivity index is 1.09. The number of nitrogens with one attached hydrogen (secondary N) is 1. The van der Waals surface area contributed by atoms with E-state index in [-0.39, 0.29) is 6.03 Å². The predicted octanol–water partition coefficient (Wildman–Crippen LogP) is 2.25. The van der Waals surface area contributed by atoms with Crippen LogP contribution in [0.15, 0.2) is 42.3 Å². The van der Waals surface area contributed by atoms with Gasteiger partial charge in [0.2, 0.25) is 10.0 Å². The Morgan fingerprint density at radius 1 is 1.09 bits per heavy atom. The Morgan fingerprint density at radius 3 is 2.55 bits per heavy atom. The molecule has 0 bridgehead atoms. The van der Waals surface area contributed by atoms with Crippen LogP contribution in [-0.4, -0.2) is 77.6 Å². The Labute approximate surface area is 196 Å². The van der Waals surface area contributed by atoms with Gasteiger partial charge in [0.15, 0.2) is 0 Å². The summed E-state index contributed by atoms with van der Waals surface area (Å²) in [6, 6.07) is 2.37. The number of nitrogens with zero attached hydrogens (tertiary/aromatic N) is 4. The summed E-state index contributed by atoms with van der Waals surface area (Å²) in [6.45, 7) is 5.12. The van der Waals surface area contributed by atoms with Crippen LogP contribution < -0.4 is 5.32 Å². The minimum absolute atomic E-state index is 0.115. The number of sulfonamides is 1. The van der Waals surface area contributed by atoms with E-state index in [2.05, 4.69) is 15.2 Å². The average molecular weight is 472 g/mol. The van der Waals surface area contributed by atoms with E-state index in [1.165, 1.54) is 12.8 Å². The van der Waals surface area contributed by atoms with E-state index in [0.717, 1.165) is 42.6 Å². The van der Waals surface area contributed by atoms with Gasteiger partial charge in [0.1, 0.15) is 0 Å². The molecular weight excluding hydrogens is 438 g/mol. The van der Waals surface area contributed by atoms with Crippen LogP contribution in [0.25, 0.3) is 0 Å². The van der Waals surface area contributed by atoms with Gasteiger partial charge in [0.05, 0.1) is 5.25 Å². The third-order valence-electron chi connectivity index (χ3n) is 7.42.